The van der Waals surface area contributed by atoms with Gasteiger partial charge in [0.15, 0.2) is 0 Å². The number of hydrogen-bond acceptors (Lipinski definition) is 4. The molecule has 4 aromatic carbocycles. The van der Waals surface area contributed by atoms with Crippen LogP contribution in [0.4, 0.5) is 11.4 Å². The van der Waals surface area contributed by atoms with Gasteiger partial charge in [-0.3, -0.25) is 14.4 Å². The van der Waals surface area contributed by atoms with Crippen LogP contribution in [0.25, 0.3) is 6.08 Å². The van der Waals surface area contributed by atoms with E-state index in [0.717, 1.165) is 26.2 Å². The highest BCUT2D eigenvalue weighted by atomic mass is 79.9. The van der Waals surface area contributed by atoms with Gasteiger partial charge in [-0.1, -0.05) is 76.9 Å². The van der Waals surface area contributed by atoms with Crippen molar-refractivity contribution in [2.24, 2.45) is 0 Å². The summed E-state index contributed by atoms with van der Waals surface area (Å²) in [5.74, 6) is -0.948. The molecule has 0 saturated carbocycles. The van der Waals surface area contributed by atoms with Gasteiger partial charge in [0.1, 0.15) is 5.70 Å². The number of hydrogen-bond donors (Lipinski definition) is 3. The van der Waals surface area contributed by atoms with E-state index in [4.69, 9.17) is 0 Å². The topological polar surface area (TPSA) is 87.3 Å². The molecule has 41 heavy (non-hydrogen) atoms. The van der Waals surface area contributed by atoms with Crippen molar-refractivity contribution in [1.29, 1.82) is 0 Å². The average Bonchev–Trinajstić information content (AvgIpc) is 2.97. The first-order valence-corrected chi connectivity index (χ1v) is 14.8. The summed E-state index contributed by atoms with van der Waals surface area (Å²) in [5, 5.41) is 8.31. The molecular formula is C33H30BrN3O3S. The normalized spacial score (nSPS) is 11.8. The molecule has 6 nitrogen and oxygen atoms in total. The van der Waals surface area contributed by atoms with Crippen LogP contribution in [0.15, 0.2) is 118 Å². The Bertz CT molecular complexity index is 1560. The molecule has 8 heteroatoms. The molecular weight excluding hydrogens is 598 g/mol. The van der Waals surface area contributed by atoms with Crippen LogP contribution in [0.1, 0.15) is 34.8 Å². The van der Waals surface area contributed by atoms with Crippen molar-refractivity contribution in [3.63, 3.8) is 0 Å². The van der Waals surface area contributed by atoms with Crippen molar-refractivity contribution in [3.8, 4) is 0 Å². The second kappa shape index (κ2) is 14.5. The number of aryl methyl sites for hydroxylation is 1. The molecule has 0 saturated heterocycles. The highest BCUT2D eigenvalue weighted by molar-refractivity contribution is 9.10. The van der Waals surface area contributed by atoms with Crippen LogP contribution >= 0.6 is 27.7 Å². The fourth-order valence-corrected chi connectivity index (χ4v) is 5.33. The van der Waals surface area contributed by atoms with E-state index in [-0.39, 0.29) is 16.9 Å². The second-order valence-corrected chi connectivity index (χ2v) is 11.5. The van der Waals surface area contributed by atoms with Crippen molar-refractivity contribution in [1.82, 2.24) is 5.32 Å². The maximum absolute atomic E-state index is 13.4. The van der Waals surface area contributed by atoms with Gasteiger partial charge in [-0.2, -0.15) is 0 Å². The molecule has 0 spiro atoms. The molecule has 3 amide bonds. The minimum absolute atomic E-state index is 0.0846. The number of amides is 3. The van der Waals surface area contributed by atoms with Crippen molar-refractivity contribution in [2.75, 3.05) is 10.6 Å². The quantitative estimate of drug-likeness (QED) is 0.124. The molecule has 0 fully saturated rings. The summed E-state index contributed by atoms with van der Waals surface area (Å²) in [4.78, 5) is 40.1. The minimum Gasteiger partial charge on any atom is -0.325 e. The van der Waals surface area contributed by atoms with Gasteiger partial charge in [-0.15, -0.1) is 11.8 Å². The number of benzene rings is 4. The molecule has 0 aliphatic heterocycles. The van der Waals surface area contributed by atoms with E-state index in [1.165, 1.54) is 11.8 Å². The highest BCUT2D eigenvalue weighted by Crippen LogP contribution is 2.29. The predicted octanol–water partition coefficient (Wildman–Crippen LogP) is 7.68. The van der Waals surface area contributed by atoms with Crippen molar-refractivity contribution in [2.45, 2.75) is 30.4 Å². The maximum Gasteiger partial charge on any atom is 0.272 e. The summed E-state index contributed by atoms with van der Waals surface area (Å²) in [6.45, 7) is 3.96. The van der Waals surface area contributed by atoms with Gasteiger partial charge in [-0.05, 0) is 79.6 Å². The summed E-state index contributed by atoms with van der Waals surface area (Å²) in [6.07, 6.45) is 2.26. The summed E-state index contributed by atoms with van der Waals surface area (Å²) in [6, 6.07) is 31.1. The molecule has 1 unspecified atom stereocenters. The Kier molecular flexibility index (Phi) is 10.5. The SMILES string of the molecule is CCC(Sc1cccc(NC(=O)/C(=C\c2cccc(Br)c2)NC(=O)c2ccccc2)c1)C(=O)Nc1ccc(C)cc1. The summed E-state index contributed by atoms with van der Waals surface area (Å²) < 4.78 is 0.849. The molecule has 0 aromatic heterocycles. The number of halogens is 1. The zero-order valence-electron chi connectivity index (χ0n) is 22.7. The van der Waals surface area contributed by atoms with Crippen LogP contribution in [0.5, 0.6) is 0 Å². The number of anilines is 2. The van der Waals surface area contributed by atoms with Gasteiger partial charge in [0, 0.05) is 26.3 Å². The molecule has 0 radical (unpaired) electrons. The standard InChI is InChI=1S/C33H30BrN3O3S/c1-3-30(33(40)35-26-17-15-22(2)16-18-26)41-28-14-8-13-27(21-28)36-32(39)29(20-23-9-7-12-25(34)19-23)37-31(38)24-10-5-4-6-11-24/h4-21,30H,3H2,1-2H3,(H,35,40)(H,36,39)(H,37,38)/b29-20+. The Morgan fingerprint density at radius 2 is 1.56 bits per heavy atom. The lowest BCUT2D eigenvalue weighted by molar-refractivity contribution is -0.116. The number of nitrogens with one attached hydrogen (secondary N) is 3. The van der Waals surface area contributed by atoms with Gasteiger partial charge in [-0.25, -0.2) is 0 Å². The molecule has 208 valence electrons. The first-order valence-electron chi connectivity index (χ1n) is 13.1. The summed E-state index contributed by atoms with van der Waals surface area (Å²) in [7, 11) is 0. The van der Waals surface area contributed by atoms with Crippen LogP contribution in [-0.2, 0) is 9.59 Å². The van der Waals surface area contributed by atoms with Gasteiger partial charge in [0.2, 0.25) is 5.91 Å². The molecule has 0 aliphatic carbocycles. The van der Waals surface area contributed by atoms with Gasteiger partial charge >= 0.3 is 0 Å². The summed E-state index contributed by atoms with van der Waals surface area (Å²) >= 11 is 4.88. The Balaban J connectivity index is 1.49. The fraction of sp³-hybridized carbons (Fsp3) is 0.121. The van der Waals surface area contributed by atoms with E-state index in [0.29, 0.717) is 17.7 Å². The third-order valence-corrected chi connectivity index (χ3v) is 7.89. The molecule has 3 N–H and O–H groups in total. The molecule has 0 heterocycles. The molecule has 4 rings (SSSR count). The number of carbonyl (C=O) groups is 3. The lowest BCUT2D eigenvalue weighted by Gasteiger charge is -2.16. The minimum atomic E-state index is -0.472. The molecule has 0 bridgehead atoms. The molecule has 0 aliphatic rings. The van der Waals surface area contributed by atoms with E-state index < -0.39 is 11.8 Å². The largest absolute Gasteiger partial charge is 0.325 e. The van der Waals surface area contributed by atoms with E-state index in [2.05, 4.69) is 31.9 Å². The summed E-state index contributed by atoms with van der Waals surface area (Å²) in [5.41, 5.74) is 3.70. The monoisotopic (exact) mass is 627 g/mol. The van der Waals surface area contributed by atoms with E-state index in [1.54, 1.807) is 36.4 Å². The van der Waals surface area contributed by atoms with E-state index in [1.807, 2.05) is 86.6 Å². The fourth-order valence-electron chi connectivity index (χ4n) is 3.90. The Morgan fingerprint density at radius 3 is 2.27 bits per heavy atom. The lowest BCUT2D eigenvalue weighted by atomic mass is 10.1. The van der Waals surface area contributed by atoms with Gasteiger partial charge < -0.3 is 16.0 Å². The Hall–Kier alpha value is -4.14. The van der Waals surface area contributed by atoms with Crippen molar-refractivity contribution in [3.05, 3.63) is 130 Å². The van der Waals surface area contributed by atoms with Crippen LogP contribution in [-0.4, -0.2) is 23.0 Å². The zero-order valence-corrected chi connectivity index (χ0v) is 25.1. The Labute approximate surface area is 252 Å². The maximum atomic E-state index is 13.4. The first-order chi connectivity index (χ1) is 19.8. The number of rotatable bonds is 10. The van der Waals surface area contributed by atoms with Crippen molar-refractivity contribution >= 4 is 62.9 Å². The van der Waals surface area contributed by atoms with Crippen LogP contribution in [0, 0.1) is 6.92 Å². The highest BCUT2D eigenvalue weighted by Gasteiger charge is 2.19. The average molecular weight is 629 g/mol. The molecule has 1 atom stereocenters. The van der Waals surface area contributed by atoms with Crippen LogP contribution in [0.3, 0.4) is 0 Å². The van der Waals surface area contributed by atoms with Gasteiger partial charge in [0.05, 0.1) is 5.25 Å². The van der Waals surface area contributed by atoms with Gasteiger partial charge in [0.25, 0.3) is 11.8 Å². The van der Waals surface area contributed by atoms with Crippen molar-refractivity contribution < 1.29 is 14.4 Å². The van der Waals surface area contributed by atoms with Crippen LogP contribution < -0.4 is 16.0 Å². The number of thioether (sulfide) groups is 1. The third kappa shape index (κ3) is 8.93. The smallest absolute Gasteiger partial charge is 0.272 e. The number of carbonyl (C=O) groups excluding carboxylic acids is 3. The third-order valence-electron chi connectivity index (χ3n) is 6.04. The lowest BCUT2D eigenvalue weighted by Crippen LogP contribution is -2.30. The second-order valence-electron chi connectivity index (χ2n) is 9.29. The predicted molar refractivity (Wildman–Crippen MR) is 171 cm³/mol. The van der Waals surface area contributed by atoms with E-state index in [9.17, 15) is 14.4 Å². The Morgan fingerprint density at radius 1 is 0.829 bits per heavy atom. The zero-order chi connectivity index (χ0) is 29.2. The molecule has 4 aromatic rings. The first kappa shape index (κ1) is 29.8. The van der Waals surface area contributed by atoms with E-state index >= 15 is 0 Å². The van der Waals surface area contributed by atoms with Crippen LogP contribution in [0.2, 0.25) is 0 Å².